The van der Waals surface area contributed by atoms with E-state index in [0.29, 0.717) is 22.2 Å². The summed E-state index contributed by atoms with van der Waals surface area (Å²) in [7, 11) is -2.29. The lowest BCUT2D eigenvalue weighted by molar-refractivity contribution is -0.345. The highest BCUT2D eigenvalue weighted by molar-refractivity contribution is 6.82. The van der Waals surface area contributed by atoms with Crippen molar-refractivity contribution in [2.75, 3.05) is 13.2 Å². The van der Waals surface area contributed by atoms with E-state index in [4.69, 9.17) is 47.4 Å². The number of esters is 7. The van der Waals surface area contributed by atoms with E-state index >= 15 is 0 Å². The molecule has 0 aliphatic carbocycles. The number of carbonyl (C=O) groups excluding carboxylic acids is 7. The van der Waals surface area contributed by atoms with E-state index in [1.165, 1.54) is 13.8 Å². The average molecular weight is 842 g/mol. The van der Waals surface area contributed by atoms with Crippen molar-refractivity contribution in [2.24, 2.45) is 0 Å². The van der Waals surface area contributed by atoms with Gasteiger partial charge < -0.3 is 51.6 Å². The van der Waals surface area contributed by atoms with Gasteiger partial charge in [-0.3, -0.25) is 33.6 Å². The van der Waals surface area contributed by atoms with Gasteiger partial charge in [-0.05, 0) is 28.9 Å². The average Bonchev–Trinajstić information content (AvgIpc) is 3.55. The molecular weight excluding hydrogens is 783 g/mol. The van der Waals surface area contributed by atoms with Gasteiger partial charge in [-0.1, -0.05) is 41.5 Å². The number of ether oxygens (including phenoxy) is 10. The molecule has 0 amide bonds. The molecule has 0 saturated carbocycles. The first-order chi connectivity index (χ1) is 27.0. The van der Waals surface area contributed by atoms with Crippen molar-refractivity contribution in [3.8, 4) is 0 Å². The molecule has 2 fully saturated rings. The summed E-state index contributed by atoms with van der Waals surface area (Å²) in [6, 6.07) is 1.84. The molecule has 2 aliphatic heterocycles. The molecule has 1 aromatic heterocycles. The van der Waals surface area contributed by atoms with E-state index in [2.05, 4.69) is 45.8 Å². The normalized spacial score (nSPS) is 27.4. The molecule has 0 radical (unpaired) electrons. The standard InChI is InChI=1S/C39H59NO17Si/c1-19(2)58(20(3)4,21(5)6)40-15-14-29(16-40)32-35(51-25(10)44)36(52-26(11)45)34(30(55-32)17-48-22(7)41)57-39-38(54-28(13)47)37(53-27(12)46)33(50-24(9)43)31(56-39)18-49-23(8)42/h14-16,19-21,30-39H,17-18H2,1-13H3/t30-,31-,32+,33-,34-,35+,36+,37+,38-,39-/m1/s1. The second kappa shape index (κ2) is 20.6. The predicted octanol–water partition coefficient (Wildman–Crippen LogP) is 3.85. The maximum atomic E-state index is 12.9. The van der Waals surface area contributed by atoms with E-state index in [0.717, 1.165) is 34.6 Å². The van der Waals surface area contributed by atoms with Crippen molar-refractivity contribution in [2.45, 2.75) is 168 Å². The Bertz CT molecular complexity index is 1620. The third-order valence-electron chi connectivity index (χ3n) is 10.2. The van der Waals surface area contributed by atoms with E-state index in [9.17, 15) is 33.6 Å². The highest BCUT2D eigenvalue weighted by Gasteiger charge is 2.58. The lowest BCUT2D eigenvalue weighted by Crippen LogP contribution is -2.66. The van der Waals surface area contributed by atoms with Crippen LogP contribution in [0.1, 0.15) is 102 Å². The number of nitrogens with zero attached hydrogens (tertiary/aromatic N) is 1. The molecule has 326 valence electrons. The molecular formula is C39H59NO17Si. The zero-order valence-electron chi connectivity index (χ0n) is 35.5. The Morgan fingerprint density at radius 3 is 1.38 bits per heavy atom. The van der Waals surface area contributed by atoms with E-state index in [-0.39, 0.29) is 0 Å². The van der Waals surface area contributed by atoms with E-state index in [1.54, 1.807) is 0 Å². The van der Waals surface area contributed by atoms with Gasteiger partial charge in [-0.2, -0.15) is 0 Å². The Morgan fingerprint density at radius 1 is 0.552 bits per heavy atom. The molecule has 0 N–H and O–H groups in total. The van der Waals surface area contributed by atoms with Crippen LogP contribution in [-0.4, -0.2) is 123 Å². The fourth-order valence-corrected chi connectivity index (χ4v) is 15.0. The van der Waals surface area contributed by atoms with Crippen molar-refractivity contribution in [1.29, 1.82) is 0 Å². The van der Waals surface area contributed by atoms with Crippen LogP contribution in [-0.2, 0) is 80.9 Å². The van der Waals surface area contributed by atoms with Gasteiger partial charge in [0.15, 0.2) is 45.0 Å². The van der Waals surface area contributed by atoms with E-state index < -0.39 is 124 Å². The first-order valence-corrected chi connectivity index (χ1v) is 21.5. The second-order valence-electron chi connectivity index (χ2n) is 15.4. The fraction of sp³-hybridized carbons (Fsp3) is 0.718. The predicted molar refractivity (Wildman–Crippen MR) is 203 cm³/mol. The molecule has 18 nitrogen and oxygen atoms in total. The maximum Gasteiger partial charge on any atom is 0.303 e. The summed E-state index contributed by atoms with van der Waals surface area (Å²) < 4.78 is 60.5. The molecule has 0 unspecified atom stereocenters. The van der Waals surface area contributed by atoms with Crippen LogP contribution in [0.2, 0.25) is 16.6 Å². The topological polar surface area (TPSA) is 217 Å². The van der Waals surface area contributed by atoms with Crippen LogP contribution < -0.4 is 0 Å². The molecule has 19 heteroatoms. The van der Waals surface area contributed by atoms with Crippen LogP contribution in [0.3, 0.4) is 0 Å². The van der Waals surface area contributed by atoms with Crippen molar-refractivity contribution < 1.29 is 80.9 Å². The van der Waals surface area contributed by atoms with Crippen molar-refractivity contribution >= 4 is 50.0 Å². The summed E-state index contributed by atoms with van der Waals surface area (Å²) >= 11 is 0. The molecule has 2 aliphatic rings. The minimum atomic E-state index is -2.29. The molecule has 1 aromatic rings. The fourth-order valence-electron chi connectivity index (χ4n) is 8.50. The zero-order valence-corrected chi connectivity index (χ0v) is 36.5. The Hall–Kier alpha value is -4.33. The minimum Gasteiger partial charge on any atom is -0.463 e. The van der Waals surface area contributed by atoms with Gasteiger partial charge in [-0.15, -0.1) is 0 Å². The number of carbonyl (C=O) groups is 7. The van der Waals surface area contributed by atoms with Crippen LogP contribution in [0, 0.1) is 0 Å². The summed E-state index contributed by atoms with van der Waals surface area (Å²) in [5.74, 6) is -5.59. The smallest absolute Gasteiger partial charge is 0.303 e. The quantitative estimate of drug-likeness (QED) is 0.131. The molecule has 10 atom stereocenters. The lowest BCUT2D eigenvalue weighted by Gasteiger charge is -2.49. The van der Waals surface area contributed by atoms with Crippen molar-refractivity contribution in [3.63, 3.8) is 0 Å². The summed E-state index contributed by atoms with van der Waals surface area (Å²) in [6.07, 6.45) is -10.8. The summed E-state index contributed by atoms with van der Waals surface area (Å²) in [6.45, 7) is 20.0. The molecule has 0 aromatic carbocycles. The largest absolute Gasteiger partial charge is 0.463 e. The third-order valence-corrected chi connectivity index (χ3v) is 16.9. The van der Waals surface area contributed by atoms with Gasteiger partial charge in [0.05, 0.1) is 0 Å². The second-order valence-corrected chi connectivity index (χ2v) is 21.2. The van der Waals surface area contributed by atoms with Gasteiger partial charge in [0.25, 0.3) is 0 Å². The minimum absolute atomic E-state index is 0.314. The monoisotopic (exact) mass is 841 g/mol. The molecule has 2 saturated heterocycles. The summed E-state index contributed by atoms with van der Waals surface area (Å²) in [5.41, 5.74) is 1.51. The SMILES string of the molecule is CC(=O)OC[C@H]1O[C@@H](c2ccn([Si](C(C)C)(C(C)C)C(C)C)c2)[C@H](OC(C)=O)[C@@H](OC(C)=O)[C@@H]1O[C@H]1O[C@H](COC(C)=O)[C@@H](OC(C)=O)[C@H](OC(C)=O)[C@H]1OC(C)=O. The number of hydrogen-bond acceptors (Lipinski definition) is 17. The first kappa shape index (κ1) is 48.0. The Kier molecular flexibility index (Phi) is 17.0. The summed E-state index contributed by atoms with van der Waals surface area (Å²) in [5, 5.41) is 0. The molecule has 0 spiro atoms. The maximum absolute atomic E-state index is 12.9. The molecule has 0 bridgehead atoms. The highest BCUT2D eigenvalue weighted by Crippen LogP contribution is 2.45. The van der Waals surface area contributed by atoms with Gasteiger partial charge in [0, 0.05) is 60.2 Å². The lowest BCUT2D eigenvalue weighted by atomic mass is 9.91. The zero-order chi connectivity index (χ0) is 43.8. The van der Waals surface area contributed by atoms with Crippen molar-refractivity contribution in [1.82, 2.24) is 4.23 Å². The Morgan fingerprint density at radius 2 is 0.948 bits per heavy atom. The van der Waals surface area contributed by atoms with Gasteiger partial charge in [-0.25, -0.2) is 0 Å². The van der Waals surface area contributed by atoms with Crippen LogP contribution in [0.4, 0.5) is 0 Å². The van der Waals surface area contributed by atoms with Crippen LogP contribution in [0.15, 0.2) is 18.5 Å². The Balaban J connectivity index is 2.27. The van der Waals surface area contributed by atoms with Crippen LogP contribution in [0.5, 0.6) is 0 Å². The van der Waals surface area contributed by atoms with Crippen LogP contribution >= 0.6 is 0 Å². The summed E-state index contributed by atoms with van der Waals surface area (Å²) in [4.78, 5) is 87.2. The van der Waals surface area contributed by atoms with E-state index in [1.807, 2.05) is 18.5 Å². The number of aromatic nitrogens is 1. The molecule has 3 heterocycles. The number of hydrogen-bond donors (Lipinski definition) is 0. The Labute approximate surface area is 339 Å². The van der Waals surface area contributed by atoms with Crippen LogP contribution in [0.25, 0.3) is 0 Å². The highest BCUT2D eigenvalue weighted by atomic mass is 28.3. The van der Waals surface area contributed by atoms with Gasteiger partial charge >= 0.3 is 41.8 Å². The number of rotatable bonds is 16. The van der Waals surface area contributed by atoms with Gasteiger partial charge in [0.2, 0.25) is 0 Å². The molecule has 58 heavy (non-hydrogen) atoms. The van der Waals surface area contributed by atoms with Gasteiger partial charge in [0.1, 0.15) is 37.6 Å². The van der Waals surface area contributed by atoms with Crippen molar-refractivity contribution in [3.05, 3.63) is 24.0 Å². The third kappa shape index (κ3) is 11.7. The molecule has 3 rings (SSSR count). The first-order valence-electron chi connectivity index (χ1n) is 19.3.